The van der Waals surface area contributed by atoms with E-state index in [-0.39, 0.29) is 30.3 Å². The number of ketones is 1. The predicted molar refractivity (Wildman–Crippen MR) is 139 cm³/mol. The van der Waals surface area contributed by atoms with Crippen molar-refractivity contribution >= 4 is 17.6 Å². The van der Waals surface area contributed by atoms with E-state index in [1.807, 2.05) is 19.1 Å². The lowest BCUT2D eigenvalue weighted by Crippen LogP contribution is -2.62. The number of ether oxygens (including phenoxy) is 2. The zero-order valence-electron chi connectivity index (χ0n) is 22.2. The van der Waals surface area contributed by atoms with Gasteiger partial charge in [0.2, 0.25) is 5.91 Å². The Morgan fingerprint density at radius 1 is 1.08 bits per heavy atom. The number of fused-ring (bicyclic) bond motifs is 1. The summed E-state index contributed by atoms with van der Waals surface area (Å²) < 4.78 is 11.5. The fourth-order valence-electron chi connectivity index (χ4n) is 6.78. The first-order valence-corrected chi connectivity index (χ1v) is 14.2. The van der Waals surface area contributed by atoms with E-state index in [2.05, 4.69) is 29.3 Å². The number of carbonyl (C=O) groups is 3. The standard InChI is InChI=1S/C29H41N3O5/c1-3-31-16-12-21(13-17-31)20-8-10-22(11-9-20)27(34)30-29(14-6-5-7-15-29)28(35)32-18-24(36-4-2)26-25(32)23(33)19-37-26/h8-11,21,24-26H,3-7,12-19H2,1-2H3,(H,30,34)/t24-,25+,26+/m0/s1. The topological polar surface area (TPSA) is 88.2 Å². The summed E-state index contributed by atoms with van der Waals surface area (Å²) in [5, 5.41) is 3.15. The summed E-state index contributed by atoms with van der Waals surface area (Å²) in [6.45, 7) is 8.24. The lowest BCUT2D eigenvalue weighted by Gasteiger charge is -2.40. The van der Waals surface area contributed by atoms with Crippen LogP contribution in [0, 0.1) is 0 Å². The average Bonchev–Trinajstić information content (AvgIpc) is 3.49. The Morgan fingerprint density at radius 2 is 1.78 bits per heavy atom. The van der Waals surface area contributed by atoms with Crippen LogP contribution in [0.15, 0.2) is 24.3 Å². The fraction of sp³-hybridized carbons (Fsp3) is 0.690. The lowest BCUT2D eigenvalue weighted by molar-refractivity contribution is -0.143. The summed E-state index contributed by atoms with van der Waals surface area (Å²) in [6.07, 6.45) is 5.45. The Hall–Kier alpha value is -2.29. The van der Waals surface area contributed by atoms with Crippen LogP contribution in [-0.2, 0) is 19.1 Å². The van der Waals surface area contributed by atoms with E-state index >= 15 is 0 Å². The van der Waals surface area contributed by atoms with Gasteiger partial charge in [0, 0.05) is 12.2 Å². The second-order valence-corrected chi connectivity index (χ2v) is 11.1. The molecule has 202 valence electrons. The minimum Gasteiger partial charge on any atom is -0.374 e. The molecule has 5 rings (SSSR count). The van der Waals surface area contributed by atoms with Crippen LogP contribution < -0.4 is 5.32 Å². The molecule has 1 aliphatic carbocycles. The molecule has 1 saturated carbocycles. The fourth-order valence-corrected chi connectivity index (χ4v) is 6.78. The van der Waals surface area contributed by atoms with Gasteiger partial charge < -0.3 is 24.6 Å². The number of hydrogen-bond acceptors (Lipinski definition) is 6. The number of rotatable bonds is 7. The molecule has 8 nitrogen and oxygen atoms in total. The summed E-state index contributed by atoms with van der Waals surface area (Å²) >= 11 is 0. The molecule has 3 saturated heterocycles. The molecule has 3 heterocycles. The van der Waals surface area contributed by atoms with Gasteiger partial charge in [-0.2, -0.15) is 0 Å². The Morgan fingerprint density at radius 3 is 2.43 bits per heavy atom. The van der Waals surface area contributed by atoms with E-state index in [1.54, 1.807) is 4.90 Å². The molecule has 4 aliphatic rings. The second kappa shape index (κ2) is 11.2. The molecule has 2 amide bonds. The number of hydrogen-bond donors (Lipinski definition) is 1. The number of likely N-dealkylation sites (tertiary alicyclic amines) is 2. The van der Waals surface area contributed by atoms with Crippen LogP contribution in [0.1, 0.15) is 80.6 Å². The molecule has 4 fully saturated rings. The van der Waals surface area contributed by atoms with E-state index in [0.717, 1.165) is 51.7 Å². The Kier molecular flexibility index (Phi) is 7.98. The van der Waals surface area contributed by atoms with Crippen molar-refractivity contribution in [1.82, 2.24) is 15.1 Å². The Bertz CT molecular complexity index is 982. The van der Waals surface area contributed by atoms with Gasteiger partial charge in [-0.05, 0) is 75.9 Å². The Labute approximate surface area is 220 Å². The van der Waals surface area contributed by atoms with Crippen molar-refractivity contribution in [3.63, 3.8) is 0 Å². The Balaban J connectivity index is 1.31. The molecule has 0 radical (unpaired) electrons. The van der Waals surface area contributed by atoms with Crippen molar-refractivity contribution in [3.05, 3.63) is 35.4 Å². The van der Waals surface area contributed by atoms with Crippen LogP contribution >= 0.6 is 0 Å². The van der Waals surface area contributed by atoms with E-state index in [1.165, 1.54) is 5.56 Å². The summed E-state index contributed by atoms with van der Waals surface area (Å²) in [7, 11) is 0. The van der Waals surface area contributed by atoms with Gasteiger partial charge in [0.1, 0.15) is 30.4 Å². The van der Waals surface area contributed by atoms with Gasteiger partial charge in [0.05, 0.1) is 6.54 Å². The molecule has 3 atom stereocenters. The first kappa shape index (κ1) is 26.3. The van der Waals surface area contributed by atoms with Gasteiger partial charge in [0.25, 0.3) is 5.91 Å². The third-order valence-electron chi connectivity index (χ3n) is 8.93. The molecule has 0 aromatic heterocycles. The van der Waals surface area contributed by atoms with Gasteiger partial charge in [-0.3, -0.25) is 14.4 Å². The van der Waals surface area contributed by atoms with Crippen molar-refractivity contribution < 1.29 is 23.9 Å². The number of nitrogens with one attached hydrogen (secondary N) is 1. The van der Waals surface area contributed by atoms with E-state index in [4.69, 9.17) is 9.47 Å². The third-order valence-corrected chi connectivity index (χ3v) is 8.93. The number of piperidine rings is 1. The van der Waals surface area contributed by atoms with Crippen LogP contribution in [0.3, 0.4) is 0 Å². The highest BCUT2D eigenvalue weighted by atomic mass is 16.6. The highest BCUT2D eigenvalue weighted by molar-refractivity contribution is 6.01. The smallest absolute Gasteiger partial charge is 0.252 e. The maximum Gasteiger partial charge on any atom is 0.252 e. The molecular weight excluding hydrogens is 470 g/mol. The molecule has 3 aliphatic heterocycles. The third kappa shape index (κ3) is 5.20. The number of benzene rings is 1. The number of amides is 2. The number of nitrogens with zero attached hydrogens (tertiary/aromatic N) is 2. The molecule has 1 aromatic carbocycles. The predicted octanol–water partition coefficient (Wildman–Crippen LogP) is 2.90. The minimum absolute atomic E-state index is 0.00582. The number of Topliss-reactive ketones (excluding diaryl/α,β-unsaturated/α-hetero) is 1. The highest BCUT2D eigenvalue weighted by Gasteiger charge is 2.56. The largest absolute Gasteiger partial charge is 0.374 e. The first-order chi connectivity index (χ1) is 18.0. The van der Waals surface area contributed by atoms with Crippen molar-refractivity contribution in [2.24, 2.45) is 0 Å². The molecule has 8 heteroatoms. The molecular formula is C29H41N3O5. The van der Waals surface area contributed by atoms with Gasteiger partial charge >= 0.3 is 0 Å². The lowest BCUT2D eigenvalue weighted by atomic mass is 9.80. The summed E-state index contributed by atoms with van der Waals surface area (Å²) in [5.41, 5.74) is 0.843. The zero-order valence-corrected chi connectivity index (χ0v) is 22.2. The van der Waals surface area contributed by atoms with Crippen LogP contribution in [-0.4, -0.2) is 90.6 Å². The van der Waals surface area contributed by atoms with Crippen molar-refractivity contribution in [1.29, 1.82) is 0 Å². The molecule has 1 N–H and O–H groups in total. The normalized spacial score (nSPS) is 28.3. The van der Waals surface area contributed by atoms with Gasteiger partial charge in [-0.25, -0.2) is 0 Å². The van der Waals surface area contributed by atoms with Crippen LogP contribution in [0.2, 0.25) is 0 Å². The zero-order chi connectivity index (χ0) is 26.0. The molecule has 1 aromatic rings. The summed E-state index contributed by atoms with van der Waals surface area (Å²) in [5.74, 6) is 0.0431. The van der Waals surface area contributed by atoms with Crippen LogP contribution in [0.25, 0.3) is 0 Å². The van der Waals surface area contributed by atoms with Gasteiger partial charge in [-0.1, -0.05) is 38.3 Å². The first-order valence-electron chi connectivity index (χ1n) is 14.2. The van der Waals surface area contributed by atoms with E-state index < -0.39 is 17.7 Å². The van der Waals surface area contributed by atoms with E-state index in [0.29, 0.717) is 37.5 Å². The van der Waals surface area contributed by atoms with Crippen LogP contribution in [0.4, 0.5) is 0 Å². The molecule has 0 spiro atoms. The van der Waals surface area contributed by atoms with Crippen molar-refractivity contribution in [3.8, 4) is 0 Å². The SMILES string of the molecule is CCO[C@H]1CN(C(=O)C2(NC(=O)c3ccc(C4CCN(CC)CC4)cc3)CCCCC2)[C@@H]2C(=O)CO[C@H]12. The highest BCUT2D eigenvalue weighted by Crippen LogP contribution is 2.36. The van der Waals surface area contributed by atoms with Gasteiger partial charge in [0.15, 0.2) is 5.78 Å². The minimum atomic E-state index is -1.00. The molecule has 0 unspecified atom stereocenters. The van der Waals surface area contributed by atoms with E-state index in [9.17, 15) is 14.4 Å². The van der Waals surface area contributed by atoms with Crippen LogP contribution in [0.5, 0.6) is 0 Å². The quantitative estimate of drug-likeness (QED) is 0.606. The molecule has 0 bridgehead atoms. The number of carbonyl (C=O) groups excluding carboxylic acids is 3. The molecule has 37 heavy (non-hydrogen) atoms. The summed E-state index contributed by atoms with van der Waals surface area (Å²) in [6, 6.07) is 7.30. The monoisotopic (exact) mass is 511 g/mol. The van der Waals surface area contributed by atoms with Gasteiger partial charge in [-0.15, -0.1) is 0 Å². The maximum absolute atomic E-state index is 14.1. The second-order valence-electron chi connectivity index (χ2n) is 11.1. The maximum atomic E-state index is 14.1. The van der Waals surface area contributed by atoms with Crippen molar-refractivity contribution in [2.45, 2.75) is 88.5 Å². The van der Waals surface area contributed by atoms with Crippen molar-refractivity contribution in [2.75, 3.05) is 39.4 Å². The average molecular weight is 512 g/mol. The summed E-state index contributed by atoms with van der Waals surface area (Å²) in [4.78, 5) is 44.3.